The van der Waals surface area contributed by atoms with Crippen molar-refractivity contribution in [2.24, 2.45) is 5.10 Å². The number of carbonyl (C=O) groups excluding carboxylic acids is 2. The van der Waals surface area contributed by atoms with Crippen molar-refractivity contribution >= 4 is 41.2 Å². The minimum absolute atomic E-state index is 0.190. The number of benzene rings is 2. The molecule has 2 N–H and O–H groups in total. The molecule has 0 aliphatic heterocycles. The number of amides is 2. The Morgan fingerprint density at radius 2 is 1.83 bits per heavy atom. The molecule has 0 unspecified atom stereocenters. The average Bonchev–Trinajstić information content (AvgIpc) is 2.54. The van der Waals surface area contributed by atoms with E-state index in [1.165, 1.54) is 48.7 Å². The molecule has 0 fully saturated rings. The van der Waals surface area contributed by atoms with E-state index in [0.29, 0.717) is 10.6 Å². The summed E-state index contributed by atoms with van der Waals surface area (Å²) >= 11 is 11.7. The second-order valence-electron chi connectivity index (χ2n) is 4.65. The number of halogens is 3. The number of nitrogens with zero attached hydrogens (tertiary/aromatic N) is 1. The average molecular weight is 368 g/mol. The van der Waals surface area contributed by atoms with Crippen LogP contribution in [0.3, 0.4) is 0 Å². The van der Waals surface area contributed by atoms with Gasteiger partial charge in [0.25, 0.3) is 11.8 Å². The number of nitrogens with one attached hydrogen (secondary N) is 2. The smallest absolute Gasteiger partial charge is 0.259 e. The fourth-order valence-electron chi connectivity index (χ4n) is 1.70. The molecule has 0 saturated carbocycles. The first-order chi connectivity index (χ1) is 11.5. The first-order valence-corrected chi connectivity index (χ1v) is 7.52. The van der Waals surface area contributed by atoms with E-state index in [1.807, 2.05) is 0 Å². The van der Waals surface area contributed by atoms with Crippen LogP contribution in [0.1, 0.15) is 15.9 Å². The fourth-order valence-corrected chi connectivity index (χ4v) is 2.19. The monoisotopic (exact) mass is 367 g/mol. The Labute approximate surface area is 147 Å². The van der Waals surface area contributed by atoms with Gasteiger partial charge in [-0.2, -0.15) is 5.10 Å². The van der Waals surface area contributed by atoms with Gasteiger partial charge < -0.3 is 5.32 Å². The summed E-state index contributed by atoms with van der Waals surface area (Å²) in [4.78, 5) is 23.5. The van der Waals surface area contributed by atoms with Crippen LogP contribution in [0.5, 0.6) is 0 Å². The van der Waals surface area contributed by atoms with Crippen LogP contribution in [0.15, 0.2) is 47.6 Å². The van der Waals surface area contributed by atoms with Crippen molar-refractivity contribution in [2.45, 2.75) is 0 Å². The van der Waals surface area contributed by atoms with Crippen molar-refractivity contribution in [3.8, 4) is 0 Å². The summed E-state index contributed by atoms with van der Waals surface area (Å²) in [5, 5.41) is 6.72. The zero-order chi connectivity index (χ0) is 17.5. The maximum absolute atomic E-state index is 12.7. The Hall–Kier alpha value is -2.44. The van der Waals surface area contributed by atoms with Crippen molar-refractivity contribution < 1.29 is 14.0 Å². The van der Waals surface area contributed by atoms with Crippen molar-refractivity contribution in [1.29, 1.82) is 0 Å². The molecule has 0 heterocycles. The molecule has 5 nitrogen and oxygen atoms in total. The zero-order valence-corrected chi connectivity index (χ0v) is 13.7. The summed E-state index contributed by atoms with van der Waals surface area (Å²) in [6.45, 7) is -0.279. The van der Waals surface area contributed by atoms with E-state index < -0.39 is 11.8 Å². The van der Waals surface area contributed by atoms with Crippen molar-refractivity contribution in [3.63, 3.8) is 0 Å². The van der Waals surface area contributed by atoms with Gasteiger partial charge in [0.15, 0.2) is 0 Å². The van der Waals surface area contributed by atoms with Crippen LogP contribution in [-0.4, -0.2) is 24.6 Å². The van der Waals surface area contributed by atoms with Crippen LogP contribution >= 0.6 is 23.2 Å². The molecule has 0 bridgehead atoms. The molecule has 2 rings (SSSR count). The van der Waals surface area contributed by atoms with Crippen LogP contribution in [0.25, 0.3) is 0 Å². The van der Waals surface area contributed by atoms with Crippen LogP contribution in [-0.2, 0) is 4.79 Å². The van der Waals surface area contributed by atoms with Gasteiger partial charge in [0.1, 0.15) is 5.82 Å². The Balaban J connectivity index is 1.82. The lowest BCUT2D eigenvalue weighted by atomic mass is 10.2. The highest BCUT2D eigenvalue weighted by atomic mass is 35.5. The summed E-state index contributed by atoms with van der Waals surface area (Å²) in [7, 11) is 0. The Bertz CT molecular complexity index is 779. The van der Waals surface area contributed by atoms with Gasteiger partial charge in [0, 0.05) is 5.02 Å². The van der Waals surface area contributed by atoms with Crippen molar-refractivity contribution in [2.75, 3.05) is 6.54 Å². The summed E-state index contributed by atoms with van der Waals surface area (Å²) in [5.41, 5.74) is 3.08. The SMILES string of the molecule is O=C(CNC(=O)c1ccc(Cl)cc1Cl)N/N=C/c1ccc(F)cc1. The van der Waals surface area contributed by atoms with Crippen LogP contribution < -0.4 is 10.7 Å². The maximum Gasteiger partial charge on any atom is 0.259 e. The first kappa shape index (κ1) is 17.9. The second-order valence-corrected chi connectivity index (χ2v) is 5.50. The van der Waals surface area contributed by atoms with E-state index in [4.69, 9.17) is 23.2 Å². The predicted molar refractivity (Wildman–Crippen MR) is 90.9 cm³/mol. The molecule has 0 radical (unpaired) electrons. The van der Waals surface area contributed by atoms with Crippen molar-refractivity contribution in [1.82, 2.24) is 10.7 Å². The van der Waals surface area contributed by atoms with Gasteiger partial charge in [-0.25, -0.2) is 9.82 Å². The third-order valence-corrected chi connectivity index (χ3v) is 3.41. The lowest BCUT2D eigenvalue weighted by Gasteiger charge is -2.06. The molecule has 24 heavy (non-hydrogen) atoms. The van der Waals surface area contributed by atoms with Crippen LogP contribution in [0.4, 0.5) is 4.39 Å². The third-order valence-electron chi connectivity index (χ3n) is 2.86. The molecule has 124 valence electrons. The zero-order valence-electron chi connectivity index (χ0n) is 12.2. The van der Waals surface area contributed by atoms with Crippen LogP contribution in [0, 0.1) is 5.82 Å². The number of carbonyl (C=O) groups is 2. The highest BCUT2D eigenvalue weighted by Crippen LogP contribution is 2.20. The van der Waals surface area contributed by atoms with E-state index >= 15 is 0 Å². The normalized spacial score (nSPS) is 10.6. The van der Waals surface area contributed by atoms with Gasteiger partial charge in [-0.1, -0.05) is 35.3 Å². The van der Waals surface area contributed by atoms with E-state index in [-0.39, 0.29) is 22.9 Å². The molecular formula is C16H12Cl2FN3O2. The Morgan fingerprint density at radius 1 is 1.12 bits per heavy atom. The summed E-state index contributed by atoms with van der Waals surface area (Å²) in [5.74, 6) is -1.39. The molecular weight excluding hydrogens is 356 g/mol. The van der Waals surface area contributed by atoms with Gasteiger partial charge in [-0.05, 0) is 35.9 Å². The summed E-state index contributed by atoms with van der Waals surface area (Å²) < 4.78 is 12.7. The molecule has 0 aliphatic rings. The lowest BCUT2D eigenvalue weighted by molar-refractivity contribution is -0.120. The second kappa shape index (κ2) is 8.42. The molecule has 2 amide bonds. The molecule has 0 aliphatic carbocycles. The fraction of sp³-hybridized carbons (Fsp3) is 0.0625. The molecule has 8 heteroatoms. The Morgan fingerprint density at radius 3 is 2.50 bits per heavy atom. The summed E-state index contributed by atoms with van der Waals surface area (Å²) in [6.07, 6.45) is 1.36. The Kier molecular flexibility index (Phi) is 6.28. The molecule has 0 atom stereocenters. The highest BCUT2D eigenvalue weighted by molar-refractivity contribution is 6.36. The molecule has 2 aromatic rings. The van der Waals surface area contributed by atoms with Gasteiger partial charge in [0.2, 0.25) is 0 Å². The molecule has 0 aromatic heterocycles. The minimum atomic E-state index is -0.521. The van der Waals surface area contributed by atoms with Gasteiger partial charge in [-0.3, -0.25) is 9.59 Å². The van der Waals surface area contributed by atoms with Gasteiger partial charge in [0.05, 0.1) is 23.3 Å². The van der Waals surface area contributed by atoms with E-state index in [0.717, 1.165) is 0 Å². The topological polar surface area (TPSA) is 70.6 Å². The maximum atomic E-state index is 12.7. The van der Waals surface area contributed by atoms with Gasteiger partial charge in [-0.15, -0.1) is 0 Å². The molecule has 0 spiro atoms. The van der Waals surface area contributed by atoms with Crippen LogP contribution in [0.2, 0.25) is 10.0 Å². The number of hydrogen-bond donors (Lipinski definition) is 2. The standard InChI is InChI=1S/C16H12Cl2FN3O2/c17-11-3-6-13(14(18)7-11)16(24)20-9-15(23)22-21-8-10-1-4-12(19)5-2-10/h1-8H,9H2,(H,20,24)(H,22,23)/b21-8+. The van der Waals surface area contributed by atoms with E-state index in [2.05, 4.69) is 15.8 Å². The number of rotatable bonds is 5. The highest BCUT2D eigenvalue weighted by Gasteiger charge is 2.11. The lowest BCUT2D eigenvalue weighted by Crippen LogP contribution is -2.35. The third kappa shape index (κ3) is 5.33. The first-order valence-electron chi connectivity index (χ1n) is 6.76. The van der Waals surface area contributed by atoms with Crippen molar-refractivity contribution in [3.05, 3.63) is 69.5 Å². The number of hydrazone groups is 1. The van der Waals surface area contributed by atoms with Gasteiger partial charge >= 0.3 is 0 Å². The van der Waals surface area contributed by atoms with E-state index in [1.54, 1.807) is 0 Å². The predicted octanol–water partition coefficient (Wildman–Crippen LogP) is 3.01. The minimum Gasteiger partial charge on any atom is -0.343 e. The number of hydrogen-bond acceptors (Lipinski definition) is 3. The molecule has 2 aromatic carbocycles. The quantitative estimate of drug-likeness (QED) is 0.629. The van der Waals surface area contributed by atoms with E-state index in [9.17, 15) is 14.0 Å². The largest absolute Gasteiger partial charge is 0.343 e. The molecule has 0 saturated heterocycles. The summed E-state index contributed by atoms with van der Waals surface area (Å²) in [6, 6.07) is 9.99.